The lowest BCUT2D eigenvalue weighted by Crippen LogP contribution is -2.59. The number of carbonyl (C=O) groups excluding carboxylic acids is 1. The largest absolute Gasteiger partial charge is 0.494 e. The number of nitrogens with one attached hydrogen (secondary N) is 2. The topological polar surface area (TPSA) is 104 Å². The Bertz CT molecular complexity index is 1440. The average Bonchev–Trinajstić information content (AvgIpc) is 3.30. The maximum absolute atomic E-state index is 13.6. The van der Waals surface area contributed by atoms with Crippen molar-refractivity contribution in [2.24, 2.45) is 0 Å². The van der Waals surface area contributed by atoms with Crippen molar-refractivity contribution in [3.05, 3.63) is 60.0 Å². The van der Waals surface area contributed by atoms with Crippen LogP contribution in [-0.4, -0.2) is 79.8 Å². The van der Waals surface area contributed by atoms with Gasteiger partial charge in [-0.05, 0) is 102 Å². The summed E-state index contributed by atoms with van der Waals surface area (Å²) >= 11 is 0. The van der Waals surface area contributed by atoms with Gasteiger partial charge in [-0.15, -0.1) is 0 Å². The fraction of sp³-hybridized carbons (Fsp3) is 0.516. The van der Waals surface area contributed by atoms with Gasteiger partial charge in [-0.3, -0.25) is 4.90 Å². The number of rotatable bonds is 11. The summed E-state index contributed by atoms with van der Waals surface area (Å²) in [5.74, 6) is 0.313. The Morgan fingerprint density at radius 2 is 1.76 bits per heavy atom. The van der Waals surface area contributed by atoms with E-state index >= 15 is 0 Å². The molecule has 0 bridgehead atoms. The third-order valence-electron chi connectivity index (χ3n) is 7.26. The lowest BCUT2D eigenvalue weighted by Gasteiger charge is -2.44. The summed E-state index contributed by atoms with van der Waals surface area (Å²) in [6.45, 7) is 12.8. The van der Waals surface area contributed by atoms with Gasteiger partial charge in [0.05, 0.1) is 11.5 Å². The van der Waals surface area contributed by atoms with E-state index < -0.39 is 15.6 Å². The van der Waals surface area contributed by atoms with Crippen LogP contribution in [0.15, 0.2) is 53.6 Å². The Hall–Kier alpha value is -3.15. The van der Waals surface area contributed by atoms with Crippen LogP contribution in [0.3, 0.4) is 0 Å². The number of sulfonamides is 1. The predicted molar refractivity (Wildman–Crippen MR) is 162 cm³/mol. The molecule has 42 heavy (non-hydrogen) atoms. The number of halogens is 1. The molecule has 1 amide bonds. The Morgan fingerprint density at radius 3 is 2.43 bits per heavy atom. The number of aromatic amines is 1. The molecule has 9 nitrogen and oxygen atoms in total. The zero-order valence-corrected chi connectivity index (χ0v) is 26.0. The van der Waals surface area contributed by atoms with Crippen LogP contribution in [0, 0.1) is 5.82 Å². The van der Waals surface area contributed by atoms with Crippen LogP contribution >= 0.6 is 0 Å². The third-order valence-corrected chi connectivity index (χ3v) is 8.74. The van der Waals surface area contributed by atoms with Crippen LogP contribution in [0.2, 0.25) is 0 Å². The summed E-state index contributed by atoms with van der Waals surface area (Å²) in [5.41, 5.74) is 1.29. The van der Waals surface area contributed by atoms with Crippen molar-refractivity contribution in [3.8, 4) is 5.75 Å². The molecule has 2 heterocycles. The Labute approximate surface area is 248 Å². The van der Waals surface area contributed by atoms with Crippen molar-refractivity contribution in [3.63, 3.8) is 0 Å². The van der Waals surface area contributed by atoms with Crippen LogP contribution in [0.25, 0.3) is 10.9 Å². The number of benzene rings is 2. The molecule has 0 saturated carbocycles. The van der Waals surface area contributed by atoms with E-state index in [0.29, 0.717) is 25.2 Å². The number of hydrogen-bond acceptors (Lipinski definition) is 6. The molecule has 2 aromatic carbocycles. The van der Waals surface area contributed by atoms with Gasteiger partial charge in [0.2, 0.25) is 10.0 Å². The predicted octanol–water partition coefficient (Wildman–Crippen LogP) is 5.32. The van der Waals surface area contributed by atoms with E-state index in [1.165, 1.54) is 12.1 Å². The van der Waals surface area contributed by atoms with Crippen LogP contribution in [0.5, 0.6) is 5.75 Å². The number of H-pyrrole nitrogens is 1. The molecule has 1 fully saturated rings. The van der Waals surface area contributed by atoms with Crippen LogP contribution in [0.4, 0.5) is 9.18 Å². The molecule has 1 aliphatic rings. The molecular formula is C31H43FN4O5S. The smallest absolute Gasteiger partial charge is 0.410 e. The minimum atomic E-state index is -3.66. The summed E-state index contributed by atoms with van der Waals surface area (Å²) in [7, 11) is -3.66. The van der Waals surface area contributed by atoms with E-state index in [9.17, 15) is 17.6 Å². The molecule has 1 aromatic heterocycles. The fourth-order valence-corrected chi connectivity index (χ4v) is 6.48. The lowest BCUT2D eigenvalue weighted by atomic mass is 10.1. The van der Waals surface area contributed by atoms with Gasteiger partial charge in [0.15, 0.2) is 0 Å². The number of carbonyl (C=O) groups is 1. The number of nitrogens with zero attached hydrogens (tertiary/aromatic N) is 2. The second-order valence-corrected chi connectivity index (χ2v) is 13.8. The van der Waals surface area contributed by atoms with Crippen molar-refractivity contribution < 1.29 is 27.1 Å². The Morgan fingerprint density at radius 1 is 1.07 bits per heavy atom. The first-order valence-electron chi connectivity index (χ1n) is 14.5. The van der Waals surface area contributed by atoms with Gasteiger partial charge in [0.1, 0.15) is 17.2 Å². The number of piperazine rings is 1. The molecule has 11 heteroatoms. The Kier molecular flexibility index (Phi) is 10.2. The van der Waals surface area contributed by atoms with Gasteiger partial charge >= 0.3 is 6.09 Å². The minimum absolute atomic E-state index is 0.0470. The van der Waals surface area contributed by atoms with Gasteiger partial charge in [-0.1, -0.05) is 0 Å². The number of ether oxygens (including phenoxy) is 2. The molecule has 0 spiro atoms. The van der Waals surface area contributed by atoms with Gasteiger partial charge in [0.25, 0.3) is 0 Å². The zero-order valence-electron chi connectivity index (χ0n) is 25.2. The van der Waals surface area contributed by atoms with Crippen LogP contribution < -0.4 is 9.46 Å². The molecule has 2 atom stereocenters. The van der Waals surface area contributed by atoms with Crippen molar-refractivity contribution >= 4 is 27.0 Å². The maximum atomic E-state index is 13.6. The van der Waals surface area contributed by atoms with Crippen molar-refractivity contribution in [1.29, 1.82) is 0 Å². The summed E-state index contributed by atoms with van der Waals surface area (Å²) in [5, 5.41) is 0.818. The Balaban J connectivity index is 1.17. The first kappa shape index (κ1) is 31.8. The van der Waals surface area contributed by atoms with E-state index in [-0.39, 0.29) is 35.4 Å². The number of hydrogen-bond donors (Lipinski definition) is 2. The summed E-state index contributed by atoms with van der Waals surface area (Å²) in [6, 6.07) is 11.1. The first-order chi connectivity index (χ1) is 19.8. The number of fused-ring (bicyclic) bond motifs is 1. The monoisotopic (exact) mass is 602 g/mol. The highest BCUT2D eigenvalue weighted by molar-refractivity contribution is 7.89. The average molecular weight is 603 g/mol. The molecule has 2 unspecified atom stereocenters. The van der Waals surface area contributed by atoms with Gasteiger partial charge in [-0.25, -0.2) is 22.3 Å². The summed E-state index contributed by atoms with van der Waals surface area (Å²) in [4.78, 5) is 20.1. The molecule has 3 aromatic rings. The van der Waals surface area contributed by atoms with Crippen LogP contribution in [0.1, 0.15) is 53.0 Å². The minimum Gasteiger partial charge on any atom is -0.494 e. The van der Waals surface area contributed by atoms with Crippen molar-refractivity contribution in [2.45, 2.75) is 76.5 Å². The maximum Gasteiger partial charge on any atom is 0.410 e. The molecule has 0 radical (unpaired) electrons. The second-order valence-electron chi connectivity index (χ2n) is 12.0. The van der Waals surface area contributed by atoms with E-state index in [0.717, 1.165) is 42.5 Å². The first-order valence-corrected chi connectivity index (χ1v) is 16.0. The lowest BCUT2D eigenvalue weighted by molar-refractivity contribution is -0.0155. The fourth-order valence-electron chi connectivity index (χ4n) is 5.41. The standard InChI is InChI=1S/C31H43FN4O5S/c1-22-20-35(21-23(2)36(22)30(37)41-31(3,4)5)16-7-17-40-26-10-12-27(13-11-26)42(38,39)34-15-6-8-24-19-33-29-14-9-25(32)18-28(24)29/h9-14,18-19,22-23,33-34H,6-8,15-17,20-21H2,1-5H3. The normalized spacial score (nSPS) is 18.4. The molecule has 230 valence electrons. The highest BCUT2D eigenvalue weighted by Gasteiger charge is 2.35. The second kappa shape index (κ2) is 13.4. The molecule has 2 N–H and O–H groups in total. The molecule has 1 saturated heterocycles. The molecular weight excluding hydrogens is 559 g/mol. The number of aromatic nitrogens is 1. The highest BCUT2D eigenvalue weighted by Crippen LogP contribution is 2.22. The number of amides is 1. The van der Waals surface area contributed by atoms with Crippen molar-refractivity contribution in [1.82, 2.24) is 19.5 Å². The third kappa shape index (κ3) is 8.45. The van der Waals surface area contributed by atoms with E-state index in [1.54, 1.807) is 30.3 Å². The molecule has 0 aliphatic carbocycles. The summed E-state index contributed by atoms with van der Waals surface area (Å²) in [6.07, 6.45) is 3.57. The summed E-state index contributed by atoms with van der Waals surface area (Å²) < 4.78 is 53.1. The van der Waals surface area contributed by atoms with Crippen LogP contribution in [-0.2, 0) is 21.2 Å². The quantitative estimate of drug-likeness (QED) is 0.288. The van der Waals surface area contributed by atoms with Gasteiger partial charge in [-0.2, -0.15) is 0 Å². The van der Waals surface area contributed by atoms with E-state index in [1.807, 2.05) is 45.7 Å². The molecule has 4 rings (SSSR count). The van der Waals surface area contributed by atoms with E-state index in [4.69, 9.17) is 9.47 Å². The SMILES string of the molecule is CC1CN(CCCOc2ccc(S(=O)(=O)NCCCc3c[nH]c4ccc(F)cc34)cc2)CC(C)N1C(=O)OC(C)(C)C. The molecule has 1 aliphatic heterocycles. The van der Waals surface area contributed by atoms with E-state index in [2.05, 4.69) is 14.6 Å². The highest BCUT2D eigenvalue weighted by atomic mass is 32.2. The number of aryl methyl sites for hydroxylation is 1. The van der Waals surface area contributed by atoms with Gasteiger partial charge < -0.3 is 19.4 Å². The zero-order chi connectivity index (χ0) is 30.5. The van der Waals surface area contributed by atoms with Crippen molar-refractivity contribution in [2.75, 3.05) is 32.8 Å². The van der Waals surface area contributed by atoms with Gasteiger partial charge in [0, 0.05) is 55.4 Å².